The second-order valence-corrected chi connectivity index (χ2v) is 5.96. The molecule has 1 N–H and O–H groups in total. The molecule has 0 saturated carbocycles. The van der Waals surface area contributed by atoms with E-state index in [1.165, 1.54) is 30.6 Å². The third-order valence-corrected chi connectivity index (χ3v) is 4.13. The maximum atomic E-state index is 14.3. The Morgan fingerprint density at radius 1 is 1.44 bits per heavy atom. The summed E-state index contributed by atoms with van der Waals surface area (Å²) in [5.41, 5.74) is 1.43. The highest BCUT2D eigenvalue weighted by Crippen LogP contribution is 2.30. The van der Waals surface area contributed by atoms with Gasteiger partial charge in [0.2, 0.25) is 5.91 Å². The molecular formula is C18H12FN3O2S. The molecule has 0 aliphatic heterocycles. The number of nitriles is 1. The summed E-state index contributed by atoms with van der Waals surface area (Å²) in [6.45, 7) is 1.35. The third kappa shape index (κ3) is 3.82. The lowest BCUT2D eigenvalue weighted by molar-refractivity contribution is -0.114. The zero-order chi connectivity index (χ0) is 17.8. The maximum absolute atomic E-state index is 14.3. The molecule has 7 heteroatoms. The lowest BCUT2D eigenvalue weighted by atomic mass is 10.1. The molecule has 1 aromatic carbocycles. The van der Waals surface area contributed by atoms with E-state index >= 15 is 0 Å². The molecule has 0 aliphatic carbocycles. The van der Waals surface area contributed by atoms with Gasteiger partial charge in [-0.15, -0.1) is 11.3 Å². The van der Waals surface area contributed by atoms with Gasteiger partial charge in [-0.2, -0.15) is 5.26 Å². The number of nitrogens with one attached hydrogen (secondary N) is 1. The summed E-state index contributed by atoms with van der Waals surface area (Å²) in [7, 11) is 0. The fraction of sp³-hybridized carbons (Fsp3) is 0.0556. The Morgan fingerprint density at radius 2 is 2.28 bits per heavy atom. The van der Waals surface area contributed by atoms with Crippen LogP contribution in [0, 0.1) is 17.1 Å². The molecular weight excluding hydrogens is 341 g/mol. The number of halogens is 1. The normalized spacial score (nSPS) is 11.2. The van der Waals surface area contributed by atoms with Crippen LogP contribution in [0.2, 0.25) is 0 Å². The molecule has 0 fully saturated rings. The Labute approximate surface area is 147 Å². The van der Waals surface area contributed by atoms with Crippen LogP contribution in [0.15, 0.2) is 46.4 Å². The molecule has 5 nitrogen and oxygen atoms in total. The van der Waals surface area contributed by atoms with Gasteiger partial charge < -0.3 is 9.73 Å². The Kier molecular flexibility index (Phi) is 4.73. The number of hydrogen-bond acceptors (Lipinski definition) is 5. The van der Waals surface area contributed by atoms with Crippen LogP contribution < -0.4 is 5.32 Å². The van der Waals surface area contributed by atoms with Crippen LogP contribution in [0.3, 0.4) is 0 Å². The first-order valence-electron chi connectivity index (χ1n) is 7.25. The monoisotopic (exact) mass is 353 g/mol. The summed E-state index contributed by atoms with van der Waals surface area (Å²) >= 11 is 1.24. The van der Waals surface area contributed by atoms with Crippen molar-refractivity contribution in [2.24, 2.45) is 0 Å². The lowest BCUT2D eigenvalue weighted by Crippen LogP contribution is -2.05. The van der Waals surface area contributed by atoms with Crippen LogP contribution in [0.1, 0.15) is 17.7 Å². The van der Waals surface area contributed by atoms with Gasteiger partial charge in [-0.3, -0.25) is 4.79 Å². The van der Waals surface area contributed by atoms with Crippen molar-refractivity contribution >= 4 is 34.6 Å². The van der Waals surface area contributed by atoms with E-state index in [1.807, 2.05) is 0 Å². The predicted octanol–water partition coefficient (Wildman–Crippen LogP) is 4.56. The number of aromatic nitrogens is 1. The van der Waals surface area contributed by atoms with Gasteiger partial charge in [-0.25, -0.2) is 9.37 Å². The van der Waals surface area contributed by atoms with E-state index < -0.39 is 5.82 Å². The number of furan rings is 1. The zero-order valence-corrected chi connectivity index (χ0v) is 13.9. The van der Waals surface area contributed by atoms with Gasteiger partial charge in [0.25, 0.3) is 0 Å². The molecule has 0 radical (unpaired) electrons. The topological polar surface area (TPSA) is 78.9 Å². The van der Waals surface area contributed by atoms with Crippen molar-refractivity contribution in [2.75, 3.05) is 5.32 Å². The number of nitrogens with zero attached hydrogens (tertiary/aromatic N) is 2. The molecule has 1 amide bonds. The van der Waals surface area contributed by atoms with E-state index in [9.17, 15) is 14.4 Å². The average Bonchev–Trinajstić information content (AvgIpc) is 3.24. The van der Waals surface area contributed by atoms with Crippen LogP contribution in [0.5, 0.6) is 0 Å². The van der Waals surface area contributed by atoms with Crippen molar-refractivity contribution < 1.29 is 13.6 Å². The molecule has 0 saturated heterocycles. The first-order chi connectivity index (χ1) is 12.1. The molecule has 0 spiro atoms. The van der Waals surface area contributed by atoms with Crippen LogP contribution in [-0.4, -0.2) is 10.9 Å². The van der Waals surface area contributed by atoms with Gasteiger partial charge in [0.05, 0.1) is 17.5 Å². The van der Waals surface area contributed by atoms with Gasteiger partial charge in [0, 0.05) is 29.6 Å². The summed E-state index contributed by atoms with van der Waals surface area (Å²) in [5.74, 6) is -0.236. The van der Waals surface area contributed by atoms with E-state index in [1.54, 1.807) is 35.7 Å². The first kappa shape index (κ1) is 16.6. The van der Waals surface area contributed by atoms with Crippen molar-refractivity contribution in [1.29, 1.82) is 5.26 Å². The summed E-state index contributed by atoms with van der Waals surface area (Å²) in [6.07, 6.45) is 3.10. The number of amides is 1. The van der Waals surface area contributed by atoms with Crippen molar-refractivity contribution in [3.63, 3.8) is 0 Å². The molecule has 25 heavy (non-hydrogen) atoms. The molecule has 2 aromatic heterocycles. The van der Waals surface area contributed by atoms with Crippen molar-refractivity contribution in [3.8, 4) is 17.3 Å². The van der Waals surface area contributed by atoms with Crippen LogP contribution in [0.4, 0.5) is 10.1 Å². The van der Waals surface area contributed by atoms with Gasteiger partial charge in [-0.1, -0.05) is 0 Å². The molecule has 3 rings (SSSR count). The summed E-state index contributed by atoms with van der Waals surface area (Å²) in [4.78, 5) is 15.4. The fourth-order valence-electron chi connectivity index (χ4n) is 2.18. The quantitative estimate of drug-likeness (QED) is 0.697. The van der Waals surface area contributed by atoms with E-state index in [4.69, 9.17) is 4.42 Å². The highest BCUT2D eigenvalue weighted by molar-refractivity contribution is 7.11. The molecule has 0 unspecified atom stereocenters. The van der Waals surface area contributed by atoms with Gasteiger partial charge >= 0.3 is 0 Å². The van der Waals surface area contributed by atoms with Crippen molar-refractivity contribution in [3.05, 3.63) is 58.6 Å². The largest absolute Gasteiger partial charge is 0.465 e. The molecule has 3 aromatic rings. The number of benzene rings is 1. The molecule has 0 atom stereocenters. The maximum Gasteiger partial charge on any atom is 0.221 e. The summed E-state index contributed by atoms with van der Waals surface area (Å²) in [5, 5.41) is 14.0. The highest BCUT2D eigenvalue weighted by Gasteiger charge is 2.13. The fourth-order valence-corrected chi connectivity index (χ4v) is 2.97. The molecule has 0 bridgehead atoms. The number of rotatable bonds is 4. The van der Waals surface area contributed by atoms with Crippen LogP contribution in [-0.2, 0) is 4.79 Å². The third-order valence-electron chi connectivity index (χ3n) is 3.25. The van der Waals surface area contributed by atoms with E-state index in [0.29, 0.717) is 33.3 Å². The Bertz CT molecular complexity index is 984. The Balaban J connectivity index is 1.91. The lowest BCUT2D eigenvalue weighted by Gasteiger charge is -2.04. The Morgan fingerprint density at radius 3 is 2.92 bits per heavy atom. The van der Waals surface area contributed by atoms with E-state index in [2.05, 4.69) is 16.4 Å². The molecule has 2 heterocycles. The number of carbonyl (C=O) groups is 1. The predicted molar refractivity (Wildman–Crippen MR) is 94.0 cm³/mol. The second-order valence-electron chi connectivity index (χ2n) is 5.10. The zero-order valence-electron chi connectivity index (χ0n) is 13.1. The van der Waals surface area contributed by atoms with Gasteiger partial charge in [0.15, 0.2) is 0 Å². The van der Waals surface area contributed by atoms with Gasteiger partial charge in [0.1, 0.15) is 22.7 Å². The van der Waals surface area contributed by atoms with Crippen molar-refractivity contribution in [1.82, 2.24) is 4.98 Å². The molecule has 124 valence electrons. The van der Waals surface area contributed by atoms with E-state index in [0.717, 1.165) is 0 Å². The minimum Gasteiger partial charge on any atom is -0.465 e. The second kappa shape index (κ2) is 7.11. The van der Waals surface area contributed by atoms with Crippen molar-refractivity contribution in [2.45, 2.75) is 6.92 Å². The standard InChI is InChI=1S/C18H12FN3O2S/c1-11(23)21-13-4-5-15(16(19)8-13)17-10-25-18(22-17)12(9-20)7-14-3-2-6-24-14/h2-8,10H,1H3,(H,21,23)/b12-7+. The summed E-state index contributed by atoms with van der Waals surface area (Å²) in [6, 6.07) is 9.90. The number of carbonyl (C=O) groups excluding carboxylic acids is 1. The molecule has 0 aliphatic rings. The number of hydrogen-bond donors (Lipinski definition) is 1. The van der Waals surface area contributed by atoms with Gasteiger partial charge in [-0.05, 0) is 30.3 Å². The smallest absolute Gasteiger partial charge is 0.221 e. The minimum absolute atomic E-state index is 0.273. The number of thiazole rings is 1. The number of anilines is 1. The minimum atomic E-state index is -0.503. The highest BCUT2D eigenvalue weighted by atomic mass is 32.1. The summed E-state index contributed by atoms with van der Waals surface area (Å²) < 4.78 is 19.5. The SMILES string of the molecule is CC(=O)Nc1ccc(-c2csc(/C(C#N)=C/c3ccco3)n2)c(F)c1. The Hall–Kier alpha value is -3.24. The van der Waals surface area contributed by atoms with E-state index in [-0.39, 0.29) is 5.91 Å². The number of allylic oxidation sites excluding steroid dienone is 1. The van der Waals surface area contributed by atoms with Crippen LogP contribution >= 0.6 is 11.3 Å². The first-order valence-corrected chi connectivity index (χ1v) is 8.13. The van der Waals surface area contributed by atoms with Crippen LogP contribution in [0.25, 0.3) is 22.9 Å². The average molecular weight is 353 g/mol.